The molecule has 1 fully saturated rings. The van der Waals surface area contributed by atoms with Crippen molar-refractivity contribution in [2.75, 3.05) is 0 Å². The third kappa shape index (κ3) is 2.86. The van der Waals surface area contributed by atoms with Crippen molar-refractivity contribution < 1.29 is 19.6 Å². The van der Waals surface area contributed by atoms with Crippen LogP contribution in [0.15, 0.2) is 0 Å². The first-order valence-corrected chi connectivity index (χ1v) is 6.53. The van der Waals surface area contributed by atoms with Gasteiger partial charge in [-0.25, -0.2) is 0 Å². The summed E-state index contributed by atoms with van der Waals surface area (Å²) in [4.78, 5) is 33.5. The molecule has 0 aromatic carbocycles. The maximum Gasteiger partial charge on any atom is 0.322 e. The summed E-state index contributed by atoms with van der Waals surface area (Å²) in [7, 11) is 1.46. The van der Waals surface area contributed by atoms with E-state index >= 15 is 0 Å². The van der Waals surface area contributed by atoms with Crippen LogP contribution in [0.4, 0.5) is 5.69 Å². The summed E-state index contributed by atoms with van der Waals surface area (Å²) >= 11 is 0. The lowest BCUT2D eigenvalue weighted by Crippen LogP contribution is -2.34. The van der Waals surface area contributed by atoms with Crippen LogP contribution in [0.25, 0.3) is 0 Å². The van der Waals surface area contributed by atoms with Gasteiger partial charge in [-0.1, -0.05) is 0 Å². The van der Waals surface area contributed by atoms with Gasteiger partial charge in [0.15, 0.2) is 0 Å². The second-order valence-electron chi connectivity index (χ2n) is 5.18. The van der Waals surface area contributed by atoms with Crippen LogP contribution in [-0.4, -0.2) is 37.7 Å². The molecular weight excluding hydrogens is 280 g/mol. The third-order valence-electron chi connectivity index (χ3n) is 3.71. The second-order valence-corrected chi connectivity index (χ2v) is 5.18. The molecule has 2 N–H and O–H groups in total. The summed E-state index contributed by atoms with van der Waals surface area (Å²) in [5.74, 6) is -1.95. The number of rotatable bonds is 4. The monoisotopic (exact) mass is 296 g/mol. The number of carbonyl (C=O) groups is 2. The first-order valence-electron chi connectivity index (χ1n) is 6.53. The number of hydrogen-bond donors (Lipinski definition) is 2. The fourth-order valence-corrected chi connectivity index (χ4v) is 2.71. The lowest BCUT2D eigenvalue weighted by Gasteiger charge is -2.12. The number of nitrogens with one attached hydrogen (secondary N) is 1. The summed E-state index contributed by atoms with van der Waals surface area (Å²) in [5.41, 5.74) is -0.262. The Morgan fingerprint density at radius 1 is 1.48 bits per heavy atom. The van der Waals surface area contributed by atoms with Crippen LogP contribution in [-0.2, 0) is 11.8 Å². The fourth-order valence-electron chi connectivity index (χ4n) is 2.71. The van der Waals surface area contributed by atoms with E-state index in [0.717, 1.165) is 0 Å². The van der Waals surface area contributed by atoms with Gasteiger partial charge in [0, 0.05) is 13.1 Å². The molecule has 9 nitrogen and oxygen atoms in total. The zero-order valence-electron chi connectivity index (χ0n) is 11.7. The average Bonchev–Trinajstić information content (AvgIpc) is 2.93. The number of carboxylic acids is 1. The molecule has 0 aliphatic heterocycles. The molecule has 21 heavy (non-hydrogen) atoms. The van der Waals surface area contributed by atoms with Gasteiger partial charge in [-0.3, -0.25) is 24.4 Å². The van der Waals surface area contributed by atoms with Crippen molar-refractivity contribution in [2.24, 2.45) is 13.0 Å². The SMILES string of the molecule is Cc1nn(C)c(C(=O)N[C@H]2CC[C@@H](C(=O)O)C2)c1[N+](=O)[O-]. The molecule has 0 radical (unpaired) electrons. The number of carboxylic acid groups (broad SMARTS) is 1. The van der Waals surface area contributed by atoms with Gasteiger partial charge in [0.1, 0.15) is 5.69 Å². The summed E-state index contributed by atoms with van der Waals surface area (Å²) < 4.78 is 1.17. The highest BCUT2D eigenvalue weighted by molar-refractivity contribution is 5.97. The number of aryl methyl sites for hydroxylation is 2. The van der Waals surface area contributed by atoms with Crippen LogP contribution in [0.5, 0.6) is 0 Å². The topological polar surface area (TPSA) is 127 Å². The fraction of sp³-hybridized carbons (Fsp3) is 0.583. The van der Waals surface area contributed by atoms with E-state index in [1.807, 2.05) is 0 Å². The first kappa shape index (κ1) is 14.9. The van der Waals surface area contributed by atoms with Gasteiger partial charge in [0.05, 0.1) is 10.8 Å². The Morgan fingerprint density at radius 2 is 2.14 bits per heavy atom. The first-order chi connectivity index (χ1) is 9.81. The van der Waals surface area contributed by atoms with Gasteiger partial charge < -0.3 is 10.4 Å². The molecule has 1 aliphatic carbocycles. The van der Waals surface area contributed by atoms with Gasteiger partial charge in [-0.15, -0.1) is 0 Å². The zero-order chi connectivity index (χ0) is 15.7. The molecule has 1 saturated carbocycles. The smallest absolute Gasteiger partial charge is 0.322 e. The van der Waals surface area contributed by atoms with Crippen molar-refractivity contribution in [3.63, 3.8) is 0 Å². The molecule has 1 amide bonds. The van der Waals surface area contributed by atoms with E-state index in [1.165, 1.54) is 18.7 Å². The quantitative estimate of drug-likeness (QED) is 0.619. The van der Waals surface area contributed by atoms with E-state index in [2.05, 4.69) is 10.4 Å². The maximum atomic E-state index is 12.2. The summed E-state index contributed by atoms with van der Waals surface area (Å²) in [6, 6.07) is -0.284. The summed E-state index contributed by atoms with van der Waals surface area (Å²) in [6.45, 7) is 1.46. The number of nitrogens with zero attached hydrogens (tertiary/aromatic N) is 3. The minimum Gasteiger partial charge on any atom is -0.481 e. The van der Waals surface area contributed by atoms with Crippen molar-refractivity contribution in [1.29, 1.82) is 0 Å². The Kier molecular flexibility index (Phi) is 3.92. The predicted octanol–water partition coefficient (Wildman–Crippen LogP) is 0.620. The Morgan fingerprint density at radius 3 is 2.67 bits per heavy atom. The normalized spacial score (nSPS) is 21.2. The van der Waals surface area contributed by atoms with Crippen LogP contribution >= 0.6 is 0 Å². The number of hydrogen-bond acceptors (Lipinski definition) is 5. The minimum absolute atomic E-state index is 0.115. The number of aromatic nitrogens is 2. The molecule has 2 atom stereocenters. The molecule has 0 unspecified atom stereocenters. The largest absolute Gasteiger partial charge is 0.481 e. The average molecular weight is 296 g/mol. The van der Waals surface area contributed by atoms with E-state index in [4.69, 9.17) is 5.11 Å². The molecule has 0 bridgehead atoms. The summed E-state index contributed by atoms with van der Waals surface area (Å²) in [6.07, 6.45) is 1.38. The maximum absolute atomic E-state index is 12.2. The molecule has 1 aliphatic rings. The van der Waals surface area contributed by atoms with Gasteiger partial charge >= 0.3 is 11.7 Å². The zero-order valence-corrected chi connectivity index (χ0v) is 11.7. The van der Waals surface area contributed by atoms with Crippen molar-refractivity contribution in [3.05, 3.63) is 21.5 Å². The molecule has 0 spiro atoms. The van der Waals surface area contributed by atoms with Gasteiger partial charge in [-0.05, 0) is 26.2 Å². The number of carbonyl (C=O) groups excluding carboxylic acids is 1. The van der Waals surface area contributed by atoms with Crippen molar-refractivity contribution in [3.8, 4) is 0 Å². The minimum atomic E-state index is -0.880. The Balaban J connectivity index is 2.15. The lowest BCUT2D eigenvalue weighted by molar-refractivity contribution is -0.385. The van der Waals surface area contributed by atoms with Gasteiger partial charge in [-0.2, -0.15) is 5.10 Å². The standard InChI is InChI=1S/C12H16N4O5/c1-6-9(16(20)21)10(15(2)14-6)11(17)13-8-4-3-7(5-8)12(18)19/h7-8H,3-5H2,1-2H3,(H,13,17)(H,18,19)/t7-,8+/m1/s1. The number of nitro groups is 1. The molecule has 1 aromatic heterocycles. The van der Waals surface area contributed by atoms with E-state index in [-0.39, 0.29) is 23.1 Å². The molecule has 9 heteroatoms. The van der Waals surface area contributed by atoms with E-state index in [9.17, 15) is 19.7 Å². The number of amides is 1. The summed E-state index contributed by atoms with van der Waals surface area (Å²) in [5, 5.41) is 26.5. The molecule has 114 valence electrons. The molecule has 2 rings (SSSR count). The van der Waals surface area contributed by atoms with Gasteiger partial charge in [0.2, 0.25) is 5.69 Å². The van der Waals surface area contributed by atoms with Crippen LogP contribution in [0.3, 0.4) is 0 Å². The Labute approximate surface area is 120 Å². The van der Waals surface area contributed by atoms with Crippen LogP contribution < -0.4 is 5.32 Å². The molecular formula is C12H16N4O5. The van der Waals surface area contributed by atoms with Crippen LogP contribution in [0.1, 0.15) is 35.4 Å². The van der Waals surface area contributed by atoms with E-state index in [0.29, 0.717) is 19.3 Å². The molecule has 1 heterocycles. The highest BCUT2D eigenvalue weighted by atomic mass is 16.6. The van der Waals surface area contributed by atoms with E-state index < -0.39 is 22.7 Å². The van der Waals surface area contributed by atoms with Crippen molar-refractivity contribution >= 4 is 17.6 Å². The highest BCUT2D eigenvalue weighted by Gasteiger charge is 2.34. The van der Waals surface area contributed by atoms with Crippen LogP contribution in [0, 0.1) is 23.0 Å². The van der Waals surface area contributed by atoms with Gasteiger partial charge in [0.25, 0.3) is 5.91 Å². The van der Waals surface area contributed by atoms with Crippen LogP contribution in [0.2, 0.25) is 0 Å². The van der Waals surface area contributed by atoms with E-state index in [1.54, 1.807) is 0 Å². The highest BCUT2D eigenvalue weighted by Crippen LogP contribution is 2.27. The Bertz CT molecular complexity index is 609. The molecule has 1 aromatic rings. The van der Waals surface area contributed by atoms with Crippen molar-refractivity contribution in [2.45, 2.75) is 32.2 Å². The lowest BCUT2D eigenvalue weighted by atomic mass is 10.1. The molecule has 0 saturated heterocycles. The Hall–Kier alpha value is -2.45. The third-order valence-corrected chi connectivity index (χ3v) is 3.71. The predicted molar refractivity (Wildman–Crippen MR) is 70.8 cm³/mol. The second kappa shape index (κ2) is 5.51. The number of aliphatic carboxylic acids is 1. The van der Waals surface area contributed by atoms with Crippen molar-refractivity contribution in [1.82, 2.24) is 15.1 Å².